The number of amides is 1. The first-order valence-electron chi connectivity index (χ1n) is 12.2. The van der Waals surface area contributed by atoms with Crippen LogP contribution in [0.25, 0.3) is 11.0 Å². The Balaban J connectivity index is 1.35. The molecule has 3 heterocycles. The summed E-state index contributed by atoms with van der Waals surface area (Å²) in [4.78, 5) is 22.3. The molecule has 2 aromatic rings. The molecule has 0 atom stereocenters. The van der Waals surface area contributed by atoms with Crippen molar-refractivity contribution in [2.24, 2.45) is 11.1 Å². The predicted molar refractivity (Wildman–Crippen MR) is 125 cm³/mol. The van der Waals surface area contributed by atoms with Gasteiger partial charge in [-0.05, 0) is 38.5 Å². The highest BCUT2D eigenvalue weighted by Gasteiger charge is 2.51. The largest absolute Gasteiger partial charge is 0.389 e. The number of nitrogens with zero attached hydrogens (tertiary/aromatic N) is 4. The molecule has 0 saturated heterocycles. The predicted octanol–water partition coefficient (Wildman–Crippen LogP) is 4.00. The van der Waals surface area contributed by atoms with Crippen LogP contribution >= 0.6 is 0 Å². The second-order valence-electron chi connectivity index (χ2n) is 9.64. The van der Waals surface area contributed by atoms with E-state index in [1.54, 1.807) is 0 Å². The van der Waals surface area contributed by atoms with Crippen LogP contribution in [0.5, 0.6) is 0 Å². The van der Waals surface area contributed by atoms with Crippen molar-refractivity contribution in [3.8, 4) is 0 Å². The minimum Gasteiger partial charge on any atom is -0.389 e. The third-order valence-corrected chi connectivity index (χ3v) is 7.30. The number of oxime groups is 1. The van der Waals surface area contributed by atoms with Crippen molar-refractivity contribution >= 4 is 28.3 Å². The van der Waals surface area contributed by atoms with Gasteiger partial charge in [0, 0.05) is 43.7 Å². The average molecular weight is 439 g/mol. The van der Waals surface area contributed by atoms with Crippen LogP contribution in [0.4, 0.5) is 5.69 Å². The van der Waals surface area contributed by atoms with Gasteiger partial charge in [-0.3, -0.25) is 4.79 Å². The highest BCUT2D eigenvalue weighted by molar-refractivity contribution is 6.10. The zero-order valence-corrected chi connectivity index (χ0v) is 19.2. The molecular formula is C24H34N6O2. The van der Waals surface area contributed by atoms with Crippen molar-refractivity contribution in [2.45, 2.75) is 89.8 Å². The molecule has 32 heavy (non-hydrogen) atoms. The van der Waals surface area contributed by atoms with Gasteiger partial charge in [-0.15, -0.1) is 0 Å². The number of rotatable bonds is 7. The lowest BCUT2D eigenvalue weighted by Gasteiger charge is -2.42. The zero-order chi connectivity index (χ0) is 22.1. The lowest BCUT2D eigenvalue weighted by molar-refractivity contribution is -0.124. The quantitative estimate of drug-likeness (QED) is 0.682. The van der Waals surface area contributed by atoms with Gasteiger partial charge >= 0.3 is 0 Å². The van der Waals surface area contributed by atoms with E-state index in [-0.39, 0.29) is 11.5 Å². The molecule has 2 aliphatic carbocycles. The standard InChI is InChI=1S/C24H34N6O2/c1-3-21(31)25-13-16-10-24(11-16)12-20(29-32-24)18-14-26-23-19(15-27-30(23)4-2)22(18)28-17-8-6-5-7-9-17/h14-17H,3-13H2,1-2H3,(H,25,31)(H,26,28). The van der Waals surface area contributed by atoms with E-state index in [1.165, 1.54) is 32.1 Å². The van der Waals surface area contributed by atoms with E-state index in [0.29, 0.717) is 18.4 Å². The monoisotopic (exact) mass is 438 g/mol. The first kappa shape index (κ1) is 21.2. The molecule has 3 aliphatic rings. The van der Waals surface area contributed by atoms with Crippen LogP contribution in [0.2, 0.25) is 0 Å². The lowest BCUT2D eigenvalue weighted by atomic mass is 9.68. The number of carbonyl (C=O) groups excluding carboxylic acids is 1. The van der Waals surface area contributed by atoms with Gasteiger partial charge in [-0.25, -0.2) is 9.67 Å². The van der Waals surface area contributed by atoms with Crippen molar-refractivity contribution in [2.75, 3.05) is 11.9 Å². The van der Waals surface area contributed by atoms with Crippen LogP contribution in [0, 0.1) is 5.92 Å². The molecule has 1 amide bonds. The van der Waals surface area contributed by atoms with Crippen molar-refractivity contribution in [3.05, 3.63) is 18.0 Å². The molecular weight excluding hydrogens is 404 g/mol. The van der Waals surface area contributed by atoms with E-state index >= 15 is 0 Å². The second kappa shape index (κ2) is 8.71. The van der Waals surface area contributed by atoms with Gasteiger partial charge in [0.1, 0.15) is 5.60 Å². The molecule has 1 aliphatic heterocycles. The summed E-state index contributed by atoms with van der Waals surface area (Å²) in [7, 11) is 0. The molecule has 2 saturated carbocycles. The topological polar surface area (TPSA) is 93.4 Å². The zero-order valence-electron chi connectivity index (χ0n) is 19.2. The van der Waals surface area contributed by atoms with Crippen molar-refractivity contribution in [1.29, 1.82) is 0 Å². The second-order valence-corrected chi connectivity index (χ2v) is 9.64. The number of hydrogen-bond donors (Lipinski definition) is 2. The SMILES string of the molecule is CCC(=O)NCC1CC2(CC(c3cnc4c(cnn4CC)c3NC3CCCCC3)=NO2)C1. The maximum Gasteiger partial charge on any atom is 0.219 e. The minimum absolute atomic E-state index is 0.112. The van der Waals surface area contributed by atoms with E-state index in [2.05, 4.69) is 27.8 Å². The number of carbonyl (C=O) groups is 1. The minimum atomic E-state index is -0.221. The van der Waals surface area contributed by atoms with Crippen LogP contribution in [0.15, 0.2) is 17.5 Å². The van der Waals surface area contributed by atoms with Crippen LogP contribution < -0.4 is 10.6 Å². The van der Waals surface area contributed by atoms with Crippen molar-refractivity contribution < 1.29 is 9.63 Å². The first-order chi connectivity index (χ1) is 15.6. The van der Waals surface area contributed by atoms with E-state index in [1.807, 2.05) is 24.0 Å². The van der Waals surface area contributed by atoms with Crippen LogP contribution in [-0.4, -0.2) is 44.6 Å². The number of anilines is 1. The maximum atomic E-state index is 11.6. The van der Waals surface area contributed by atoms with Crippen LogP contribution in [0.3, 0.4) is 0 Å². The number of hydrogen-bond acceptors (Lipinski definition) is 6. The number of aryl methyl sites for hydroxylation is 1. The fourth-order valence-corrected chi connectivity index (χ4v) is 5.49. The van der Waals surface area contributed by atoms with E-state index in [9.17, 15) is 4.79 Å². The smallest absolute Gasteiger partial charge is 0.219 e. The normalized spacial score (nSPS) is 25.4. The Labute approximate surface area is 189 Å². The fraction of sp³-hybridized carbons (Fsp3) is 0.667. The fourth-order valence-electron chi connectivity index (χ4n) is 5.49. The third-order valence-electron chi connectivity index (χ3n) is 7.30. The van der Waals surface area contributed by atoms with Gasteiger partial charge in [0.05, 0.1) is 23.0 Å². The summed E-state index contributed by atoms with van der Waals surface area (Å²) in [5.41, 5.74) is 3.81. The third kappa shape index (κ3) is 3.95. The van der Waals surface area contributed by atoms with Crippen LogP contribution in [0.1, 0.15) is 77.2 Å². The number of fused-ring (bicyclic) bond motifs is 1. The molecule has 2 N–H and O–H groups in total. The highest BCUT2D eigenvalue weighted by atomic mass is 16.7. The lowest BCUT2D eigenvalue weighted by Crippen LogP contribution is -2.48. The molecule has 2 fully saturated rings. The van der Waals surface area contributed by atoms with Gasteiger partial charge in [0.15, 0.2) is 5.65 Å². The van der Waals surface area contributed by atoms with Gasteiger partial charge in [-0.2, -0.15) is 5.10 Å². The summed E-state index contributed by atoms with van der Waals surface area (Å²) in [6, 6.07) is 0.477. The Bertz CT molecular complexity index is 1020. The van der Waals surface area contributed by atoms with Gasteiger partial charge < -0.3 is 15.5 Å². The van der Waals surface area contributed by atoms with Gasteiger partial charge in [0.25, 0.3) is 0 Å². The summed E-state index contributed by atoms with van der Waals surface area (Å²) in [5.74, 6) is 0.573. The molecule has 5 rings (SSSR count). The molecule has 8 nitrogen and oxygen atoms in total. The molecule has 172 valence electrons. The van der Waals surface area contributed by atoms with Gasteiger partial charge in [0.2, 0.25) is 5.91 Å². The van der Waals surface area contributed by atoms with Gasteiger partial charge in [-0.1, -0.05) is 31.3 Å². The summed E-state index contributed by atoms with van der Waals surface area (Å²) in [6.07, 6.45) is 13.3. The Morgan fingerprint density at radius 3 is 2.78 bits per heavy atom. The average Bonchev–Trinajstić information content (AvgIpc) is 3.42. The van der Waals surface area contributed by atoms with Crippen molar-refractivity contribution in [1.82, 2.24) is 20.1 Å². The number of pyridine rings is 1. The van der Waals surface area contributed by atoms with Crippen molar-refractivity contribution in [3.63, 3.8) is 0 Å². The Morgan fingerprint density at radius 1 is 1.22 bits per heavy atom. The molecule has 0 unspecified atom stereocenters. The van der Waals surface area contributed by atoms with E-state index in [0.717, 1.165) is 60.3 Å². The summed E-state index contributed by atoms with van der Waals surface area (Å²) in [6.45, 7) is 5.49. The molecule has 8 heteroatoms. The summed E-state index contributed by atoms with van der Waals surface area (Å²) in [5, 5.41) is 17.0. The molecule has 1 spiro atoms. The molecule has 0 aromatic carbocycles. The number of nitrogens with one attached hydrogen (secondary N) is 2. The molecule has 2 aromatic heterocycles. The molecule has 0 bridgehead atoms. The maximum absolute atomic E-state index is 11.6. The Morgan fingerprint density at radius 2 is 2.03 bits per heavy atom. The summed E-state index contributed by atoms with van der Waals surface area (Å²) >= 11 is 0. The van der Waals surface area contributed by atoms with E-state index < -0.39 is 0 Å². The summed E-state index contributed by atoms with van der Waals surface area (Å²) < 4.78 is 1.95. The Kier molecular flexibility index (Phi) is 5.78. The molecule has 0 radical (unpaired) electrons. The number of aromatic nitrogens is 3. The van der Waals surface area contributed by atoms with E-state index in [4.69, 9.17) is 9.82 Å². The van der Waals surface area contributed by atoms with Crippen LogP contribution in [-0.2, 0) is 16.2 Å². The Hall–Kier alpha value is -2.64. The highest BCUT2D eigenvalue weighted by Crippen LogP contribution is 2.47. The first-order valence-corrected chi connectivity index (χ1v) is 12.2.